The fraction of sp³-hybridized carbons (Fsp3) is 0.688. The normalized spacial score (nSPS) is 19.2. The van der Waals surface area contributed by atoms with Crippen molar-refractivity contribution in [2.75, 3.05) is 20.3 Å². The maximum Gasteiger partial charge on any atom is 0.407 e. The number of methoxy groups -OCH3 is 1. The maximum atomic E-state index is 11.4. The number of amides is 1. The number of ether oxygens (including phenoxy) is 2. The molecule has 0 aliphatic heterocycles. The van der Waals surface area contributed by atoms with Gasteiger partial charge in [-0.1, -0.05) is 24.3 Å². The monoisotopic (exact) mass is 281 g/mol. The summed E-state index contributed by atoms with van der Waals surface area (Å²) < 4.78 is 10.4. The second kappa shape index (κ2) is 8.80. The first-order chi connectivity index (χ1) is 9.53. The average molecular weight is 281 g/mol. The standard InChI is InChI=1S/C16H27NO3/c1-16(2,19-3)11-13-20-15(18)17-12-7-10-14-8-5-4-6-9-14/h4-5,7,10,14H,6,8-9,11-13H2,1-3H3,(H,17,18). The Kier molecular flexibility index (Phi) is 7.37. The highest BCUT2D eigenvalue weighted by atomic mass is 16.5. The van der Waals surface area contributed by atoms with Gasteiger partial charge in [-0.05, 0) is 39.0 Å². The molecule has 0 aromatic heterocycles. The summed E-state index contributed by atoms with van der Waals surface area (Å²) in [5.74, 6) is 0.611. The van der Waals surface area contributed by atoms with E-state index in [1.54, 1.807) is 7.11 Å². The molecule has 1 atom stereocenters. The molecule has 1 rings (SSSR count). The first-order valence-electron chi connectivity index (χ1n) is 7.31. The van der Waals surface area contributed by atoms with Crippen molar-refractivity contribution in [3.63, 3.8) is 0 Å². The van der Waals surface area contributed by atoms with Gasteiger partial charge >= 0.3 is 6.09 Å². The molecular weight excluding hydrogens is 254 g/mol. The summed E-state index contributed by atoms with van der Waals surface area (Å²) >= 11 is 0. The van der Waals surface area contributed by atoms with Crippen molar-refractivity contribution in [2.24, 2.45) is 5.92 Å². The second-order valence-corrected chi connectivity index (χ2v) is 5.70. The summed E-state index contributed by atoms with van der Waals surface area (Å²) in [6.07, 6.45) is 12.4. The zero-order valence-electron chi connectivity index (χ0n) is 12.9. The van der Waals surface area contributed by atoms with Gasteiger partial charge in [-0.3, -0.25) is 0 Å². The Balaban J connectivity index is 2.08. The molecule has 0 aromatic rings. The molecule has 1 amide bonds. The molecule has 0 heterocycles. The van der Waals surface area contributed by atoms with Crippen molar-refractivity contribution in [1.82, 2.24) is 5.32 Å². The summed E-state index contributed by atoms with van der Waals surface area (Å²) in [6.45, 7) is 4.82. The van der Waals surface area contributed by atoms with Crippen molar-refractivity contribution < 1.29 is 14.3 Å². The average Bonchev–Trinajstić information content (AvgIpc) is 2.44. The van der Waals surface area contributed by atoms with Gasteiger partial charge < -0.3 is 14.8 Å². The van der Waals surface area contributed by atoms with E-state index in [1.807, 2.05) is 19.9 Å². The largest absolute Gasteiger partial charge is 0.449 e. The maximum absolute atomic E-state index is 11.4. The van der Waals surface area contributed by atoms with Gasteiger partial charge in [0.05, 0.1) is 12.2 Å². The minimum atomic E-state index is -0.370. The van der Waals surface area contributed by atoms with Crippen LogP contribution >= 0.6 is 0 Å². The molecule has 0 fully saturated rings. The van der Waals surface area contributed by atoms with Crippen LogP contribution in [0.1, 0.15) is 39.5 Å². The topological polar surface area (TPSA) is 47.6 Å². The lowest BCUT2D eigenvalue weighted by molar-refractivity contribution is 0.000258. The fourth-order valence-electron chi connectivity index (χ4n) is 1.94. The quantitative estimate of drug-likeness (QED) is 0.727. The minimum absolute atomic E-state index is 0.255. The molecule has 1 unspecified atom stereocenters. The van der Waals surface area contributed by atoms with Crippen LogP contribution in [0.2, 0.25) is 0 Å². The van der Waals surface area contributed by atoms with Gasteiger partial charge in [0.15, 0.2) is 0 Å². The van der Waals surface area contributed by atoms with E-state index in [0.29, 0.717) is 25.5 Å². The Labute approximate surface area is 122 Å². The summed E-state index contributed by atoms with van der Waals surface area (Å²) in [4.78, 5) is 11.4. The molecule has 0 bridgehead atoms. The van der Waals surface area contributed by atoms with Gasteiger partial charge in [0.1, 0.15) is 0 Å². The lowest BCUT2D eigenvalue weighted by atomic mass is 9.94. The summed E-state index contributed by atoms with van der Waals surface area (Å²) in [7, 11) is 1.66. The summed E-state index contributed by atoms with van der Waals surface area (Å²) in [5.41, 5.74) is -0.255. The molecule has 0 saturated heterocycles. The number of carbonyl (C=O) groups is 1. The SMILES string of the molecule is COC(C)(C)CCOC(=O)NCC=CC1CC=CCC1. The van der Waals surface area contributed by atoms with Gasteiger partial charge in [0, 0.05) is 20.1 Å². The zero-order valence-corrected chi connectivity index (χ0v) is 12.9. The molecule has 0 aromatic carbocycles. The summed E-state index contributed by atoms with van der Waals surface area (Å²) in [5, 5.41) is 2.72. The van der Waals surface area contributed by atoms with Crippen molar-refractivity contribution >= 4 is 6.09 Å². The Hall–Kier alpha value is -1.29. The molecule has 1 aliphatic rings. The van der Waals surface area contributed by atoms with Crippen molar-refractivity contribution in [3.05, 3.63) is 24.3 Å². The van der Waals surface area contributed by atoms with Crippen LogP contribution in [0.15, 0.2) is 24.3 Å². The van der Waals surface area contributed by atoms with Crippen LogP contribution in [-0.4, -0.2) is 32.0 Å². The second-order valence-electron chi connectivity index (χ2n) is 5.70. The highest BCUT2D eigenvalue weighted by Gasteiger charge is 2.16. The molecule has 0 saturated carbocycles. The van der Waals surface area contributed by atoms with E-state index in [-0.39, 0.29) is 11.7 Å². The Morgan fingerprint density at radius 1 is 1.45 bits per heavy atom. The molecule has 0 spiro atoms. The Bertz CT molecular complexity index is 348. The van der Waals surface area contributed by atoms with E-state index in [1.165, 1.54) is 6.42 Å². The third-order valence-electron chi connectivity index (χ3n) is 3.57. The Morgan fingerprint density at radius 2 is 2.25 bits per heavy atom. The van der Waals surface area contributed by atoms with E-state index in [4.69, 9.17) is 9.47 Å². The van der Waals surface area contributed by atoms with Crippen LogP contribution < -0.4 is 5.32 Å². The van der Waals surface area contributed by atoms with Gasteiger partial charge in [-0.15, -0.1) is 0 Å². The van der Waals surface area contributed by atoms with E-state index in [9.17, 15) is 4.79 Å². The van der Waals surface area contributed by atoms with Crippen molar-refractivity contribution in [2.45, 2.75) is 45.1 Å². The number of rotatable bonds is 7. The molecule has 1 N–H and O–H groups in total. The van der Waals surface area contributed by atoms with Crippen LogP contribution in [0.25, 0.3) is 0 Å². The van der Waals surface area contributed by atoms with Crippen LogP contribution in [0, 0.1) is 5.92 Å². The summed E-state index contributed by atoms with van der Waals surface area (Å²) in [6, 6.07) is 0. The fourth-order valence-corrected chi connectivity index (χ4v) is 1.94. The van der Waals surface area contributed by atoms with E-state index >= 15 is 0 Å². The van der Waals surface area contributed by atoms with Crippen LogP contribution in [-0.2, 0) is 9.47 Å². The van der Waals surface area contributed by atoms with Crippen LogP contribution in [0.3, 0.4) is 0 Å². The number of alkyl carbamates (subject to hydrolysis) is 1. The van der Waals surface area contributed by atoms with E-state index < -0.39 is 0 Å². The lowest BCUT2D eigenvalue weighted by Gasteiger charge is -2.22. The Morgan fingerprint density at radius 3 is 2.90 bits per heavy atom. The third kappa shape index (κ3) is 7.34. The molecule has 1 aliphatic carbocycles. The van der Waals surface area contributed by atoms with Gasteiger partial charge in [0.2, 0.25) is 0 Å². The number of allylic oxidation sites excluding steroid dienone is 3. The molecule has 20 heavy (non-hydrogen) atoms. The number of hydrogen-bond acceptors (Lipinski definition) is 3. The molecule has 114 valence electrons. The minimum Gasteiger partial charge on any atom is -0.449 e. The van der Waals surface area contributed by atoms with Crippen molar-refractivity contribution in [1.29, 1.82) is 0 Å². The lowest BCUT2D eigenvalue weighted by Crippen LogP contribution is -2.29. The molecule has 0 radical (unpaired) electrons. The first kappa shape index (κ1) is 16.8. The van der Waals surface area contributed by atoms with Crippen LogP contribution in [0.4, 0.5) is 4.79 Å². The highest BCUT2D eigenvalue weighted by molar-refractivity contribution is 5.67. The predicted molar refractivity (Wildman–Crippen MR) is 80.7 cm³/mol. The van der Waals surface area contributed by atoms with Gasteiger partial charge in [-0.2, -0.15) is 0 Å². The van der Waals surface area contributed by atoms with E-state index in [2.05, 4.69) is 23.5 Å². The van der Waals surface area contributed by atoms with Gasteiger partial charge in [-0.25, -0.2) is 4.79 Å². The smallest absolute Gasteiger partial charge is 0.407 e. The molecular formula is C16H27NO3. The predicted octanol–water partition coefficient (Wildman–Crippen LogP) is 3.44. The van der Waals surface area contributed by atoms with E-state index in [0.717, 1.165) is 12.8 Å². The number of hydrogen-bond donors (Lipinski definition) is 1. The third-order valence-corrected chi connectivity index (χ3v) is 3.57. The zero-order chi connectivity index (χ0) is 14.8. The van der Waals surface area contributed by atoms with Gasteiger partial charge in [0.25, 0.3) is 0 Å². The number of carbonyl (C=O) groups excluding carboxylic acids is 1. The van der Waals surface area contributed by atoms with Crippen molar-refractivity contribution in [3.8, 4) is 0 Å². The van der Waals surface area contributed by atoms with Crippen LogP contribution in [0.5, 0.6) is 0 Å². The molecule has 4 nitrogen and oxygen atoms in total. The number of nitrogens with one attached hydrogen (secondary N) is 1. The first-order valence-corrected chi connectivity index (χ1v) is 7.31. The molecule has 4 heteroatoms. The highest BCUT2D eigenvalue weighted by Crippen LogP contribution is 2.18.